The molecule has 0 radical (unpaired) electrons. The minimum atomic E-state index is -3.66. The molecule has 1 aliphatic heterocycles. The van der Waals surface area contributed by atoms with E-state index in [1.807, 2.05) is 6.07 Å². The Labute approximate surface area is 133 Å². The van der Waals surface area contributed by atoms with E-state index < -0.39 is 28.7 Å². The van der Waals surface area contributed by atoms with Crippen LogP contribution in [0.4, 0.5) is 0 Å². The van der Waals surface area contributed by atoms with Crippen molar-refractivity contribution in [2.45, 2.75) is 17.4 Å². The lowest BCUT2D eigenvalue weighted by atomic mass is 10.2. The molecule has 2 aromatic rings. The summed E-state index contributed by atoms with van der Waals surface area (Å²) in [6, 6.07) is 6.75. The molecular weight excluding hydrogens is 320 g/mol. The van der Waals surface area contributed by atoms with Crippen LogP contribution in [0.15, 0.2) is 41.6 Å². The first-order valence-corrected chi connectivity index (χ1v) is 8.59. The molecule has 3 rings (SSSR count). The third-order valence-electron chi connectivity index (χ3n) is 3.81. The number of ether oxygens (including phenoxy) is 1. The summed E-state index contributed by atoms with van der Waals surface area (Å²) in [5.74, 6) is -1.06. The largest absolute Gasteiger partial charge is 0.480 e. The molecule has 1 aliphatic rings. The van der Waals surface area contributed by atoms with E-state index in [1.54, 1.807) is 30.6 Å². The maximum absolute atomic E-state index is 12.9. The SMILES string of the molecule is O=C(O)CO[C@@H]1CCN(S(=O)(=O)c2cccc3cnccc23)C1. The van der Waals surface area contributed by atoms with Crippen molar-refractivity contribution in [2.75, 3.05) is 19.7 Å². The number of benzene rings is 1. The van der Waals surface area contributed by atoms with Crippen LogP contribution in [-0.4, -0.2) is 54.6 Å². The quantitative estimate of drug-likeness (QED) is 0.878. The fraction of sp³-hybridized carbons (Fsp3) is 0.333. The van der Waals surface area contributed by atoms with E-state index in [1.165, 1.54) is 4.31 Å². The molecule has 1 N–H and O–H groups in total. The molecule has 0 spiro atoms. The number of carbonyl (C=O) groups is 1. The van der Waals surface area contributed by atoms with Gasteiger partial charge >= 0.3 is 5.97 Å². The summed E-state index contributed by atoms with van der Waals surface area (Å²) in [7, 11) is -3.66. The molecule has 23 heavy (non-hydrogen) atoms. The molecule has 0 saturated carbocycles. The van der Waals surface area contributed by atoms with E-state index in [4.69, 9.17) is 9.84 Å². The number of hydrogen-bond donors (Lipinski definition) is 1. The molecule has 1 saturated heterocycles. The van der Waals surface area contributed by atoms with E-state index in [9.17, 15) is 13.2 Å². The lowest BCUT2D eigenvalue weighted by molar-refractivity contribution is -0.144. The van der Waals surface area contributed by atoms with Gasteiger partial charge in [0.25, 0.3) is 0 Å². The topological polar surface area (TPSA) is 96.8 Å². The standard InChI is InChI=1S/C15H16N2O5S/c18-15(19)10-22-12-5-7-17(9-12)23(20,21)14-3-1-2-11-8-16-6-4-13(11)14/h1-4,6,8,12H,5,7,9-10H2,(H,18,19)/t12-/m1/s1. The number of hydrogen-bond acceptors (Lipinski definition) is 5. The predicted molar refractivity (Wildman–Crippen MR) is 82.5 cm³/mol. The summed E-state index contributed by atoms with van der Waals surface area (Å²) in [5.41, 5.74) is 0. The normalized spacial score (nSPS) is 19.2. The van der Waals surface area contributed by atoms with Gasteiger partial charge in [0, 0.05) is 36.3 Å². The molecule has 2 heterocycles. The van der Waals surface area contributed by atoms with Gasteiger partial charge in [-0.15, -0.1) is 0 Å². The summed E-state index contributed by atoms with van der Waals surface area (Å²) >= 11 is 0. The second kappa shape index (κ2) is 6.23. The van der Waals surface area contributed by atoms with Crippen molar-refractivity contribution >= 4 is 26.8 Å². The summed E-state index contributed by atoms with van der Waals surface area (Å²) in [6.45, 7) is 0.0592. The van der Waals surface area contributed by atoms with Gasteiger partial charge in [0.1, 0.15) is 6.61 Å². The highest BCUT2D eigenvalue weighted by Crippen LogP contribution is 2.28. The zero-order valence-electron chi connectivity index (χ0n) is 12.3. The minimum Gasteiger partial charge on any atom is -0.480 e. The Hall–Kier alpha value is -2.03. The van der Waals surface area contributed by atoms with Gasteiger partial charge in [-0.05, 0) is 18.6 Å². The number of carboxylic acid groups (broad SMARTS) is 1. The Kier molecular flexibility index (Phi) is 4.29. The number of nitrogens with zero attached hydrogens (tertiary/aromatic N) is 2. The van der Waals surface area contributed by atoms with E-state index in [-0.39, 0.29) is 11.4 Å². The lowest BCUT2D eigenvalue weighted by Crippen LogP contribution is -2.31. The van der Waals surface area contributed by atoms with Gasteiger partial charge in [0.05, 0.1) is 11.0 Å². The fourth-order valence-electron chi connectivity index (χ4n) is 2.70. The Bertz CT molecular complexity index is 831. The van der Waals surface area contributed by atoms with Crippen molar-refractivity contribution in [3.05, 3.63) is 36.7 Å². The number of pyridine rings is 1. The van der Waals surface area contributed by atoms with Crippen molar-refractivity contribution in [3.63, 3.8) is 0 Å². The molecule has 1 aromatic carbocycles. The van der Waals surface area contributed by atoms with E-state index >= 15 is 0 Å². The smallest absolute Gasteiger partial charge is 0.329 e. The Balaban J connectivity index is 1.86. The molecule has 8 heteroatoms. The molecular formula is C15H16N2O5S. The van der Waals surface area contributed by atoms with Crippen LogP contribution in [-0.2, 0) is 19.6 Å². The highest BCUT2D eigenvalue weighted by molar-refractivity contribution is 7.89. The van der Waals surface area contributed by atoms with Crippen LogP contribution >= 0.6 is 0 Å². The summed E-state index contributed by atoms with van der Waals surface area (Å²) in [4.78, 5) is 14.8. The Morgan fingerprint density at radius 2 is 2.22 bits per heavy atom. The van der Waals surface area contributed by atoms with Gasteiger partial charge in [-0.2, -0.15) is 4.31 Å². The predicted octanol–water partition coefficient (Wildman–Crippen LogP) is 1.10. The van der Waals surface area contributed by atoms with Gasteiger partial charge in [0.15, 0.2) is 0 Å². The van der Waals surface area contributed by atoms with E-state index in [0.717, 1.165) is 5.39 Å². The van der Waals surface area contributed by atoms with E-state index in [2.05, 4.69) is 4.98 Å². The molecule has 1 aromatic heterocycles. The summed E-state index contributed by atoms with van der Waals surface area (Å²) in [5, 5.41) is 10.0. The van der Waals surface area contributed by atoms with Crippen molar-refractivity contribution in [1.29, 1.82) is 0 Å². The molecule has 0 unspecified atom stereocenters. The lowest BCUT2D eigenvalue weighted by Gasteiger charge is -2.17. The number of rotatable bonds is 5. The molecule has 0 amide bonds. The first-order valence-electron chi connectivity index (χ1n) is 7.15. The van der Waals surface area contributed by atoms with Gasteiger partial charge < -0.3 is 9.84 Å². The van der Waals surface area contributed by atoms with Crippen LogP contribution in [0.25, 0.3) is 10.8 Å². The average Bonchev–Trinajstić information content (AvgIpc) is 3.02. The molecule has 1 atom stereocenters. The van der Waals surface area contributed by atoms with Crippen molar-refractivity contribution in [3.8, 4) is 0 Å². The van der Waals surface area contributed by atoms with Crippen molar-refractivity contribution < 1.29 is 23.1 Å². The average molecular weight is 336 g/mol. The van der Waals surface area contributed by atoms with Gasteiger partial charge in [-0.25, -0.2) is 13.2 Å². The number of sulfonamides is 1. The molecule has 1 fully saturated rings. The first-order chi connectivity index (χ1) is 11.0. The van der Waals surface area contributed by atoms with Crippen LogP contribution in [0.3, 0.4) is 0 Å². The van der Waals surface area contributed by atoms with Crippen LogP contribution < -0.4 is 0 Å². The number of fused-ring (bicyclic) bond motifs is 1. The Morgan fingerprint density at radius 3 is 3.00 bits per heavy atom. The molecule has 122 valence electrons. The van der Waals surface area contributed by atoms with Crippen LogP contribution in [0.5, 0.6) is 0 Å². The van der Waals surface area contributed by atoms with Crippen LogP contribution in [0.1, 0.15) is 6.42 Å². The maximum atomic E-state index is 12.9. The number of aromatic nitrogens is 1. The number of carboxylic acids is 1. The molecule has 0 bridgehead atoms. The van der Waals surface area contributed by atoms with Crippen molar-refractivity contribution in [2.24, 2.45) is 0 Å². The zero-order valence-corrected chi connectivity index (χ0v) is 13.1. The first kappa shape index (κ1) is 15.9. The van der Waals surface area contributed by atoms with Crippen molar-refractivity contribution in [1.82, 2.24) is 9.29 Å². The molecule has 0 aliphatic carbocycles. The third-order valence-corrected chi connectivity index (χ3v) is 5.73. The summed E-state index contributed by atoms with van der Waals surface area (Å²) < 4.78 is 32.3. The summed E-state index contributed by atoms with van der Waals surface area (Å²) in [6.07, 6.45) is 3.28. The minimum absolute atomic E-state index is 0.164. The van der Waals surface area contributed by atoms with Crippen LogP contribution in [0, 0.1) is 0 Å². The van der Waals surface area contributed by atoms with Gasteiger partial charge in [-0.3, -0.25) is 4.98 Å². The fourth-order valence-corrected chi connectivity index (χ4v) is 4.40. The Morgan fingerprint density at radius 1 is 1.39 bits per heavy atom. The monoisotopic (exact) mass is 336 g/mol. The zero-order chi connectivity index (χ0) is 16.4. The van der Waals surface area contributed by atoms with Gasteiger partial charge in [-0.1, -0.05) is 12.1 Å². The van der Waals surface area contributed by atoms with E-state index in [0.29, 0.717) is 18.4 Å². The highest BCUT2D eigenvalue weighted by Gasteiger charge is 2.34. The second-order valence-corrected chi connectivity index (χ2v) is 7.24. The highest BCUT2D eigenvalue weighted by atomic mass is 32.2. The molecule has 7 nitrogen and oxygen atoms in total. The van der Waals surface area contributed by atoms with Gasteiger partial charge in [0.2, 0.25) is 10.0 Å². The third kappa shape index (κ3) is 3.19. The second-order valence-electron chi connectivity index (χ2n) is 5.33. The number of aliphatic carboxylic acids is 1. The maximum Gasteiger partial charge on any atom is 0.329 e. The van der Waals surface area contributed by atoms with Crippen LogP contribution in [0.2, 0.25) is 0 Å².